The molecule has 27 heavy (non-hydrogen) atoms. The highest BCUT2D eigenvalue weighted by molar-refractivity contribution is 5.76. The number of piperazine rings is 1. The molecule has 4 rings (SSSR count). The van der Waals surface area contributed by atoms with Gasteiger partial charge in [-0.1, -0.05) is 18.2 Å². The highest BCUT2D eigenvalue weighted by atomic mass is 16.2. The largest absolute Gasteiger partial charge is 0.369 e. The van der Waals surface area contributed by atoms with Gasteiger partial charge in [-0.2, -0.15) is 0 Å². The van der Waals surface area contributed by atoms with E-state index >= 15 is 0 Å². The van der Waals surface area contributed by atoms with Crippen LogP contribution in [0.15, 0.2) is 30.3 Å². The minimum absolute atomic E-state index is 0.368. The van der Waals surface area contributed by atoms with Crippen LogP contribution in [0.5, 0.6) is 0 Å². The molecule has 3 fully saturated rings. The summed E-state index contributed by atoms with van der Waals surface area (Å²) in [7, 11) is 2.25. The van der Waals surface area contributed by atoms with E-state index in [2.05, 4.69) is 57.0 Å². The van der Waals surface area contributed by atoms with E-state index in [0.29, 0.717) is 24.3 Å². The Balaban J connectivity index is 1.20. The first kappa shape index (κ1) is 18.8. The molecule has 0 bridgehead atoms. The van der Waals surface area contributed by atoms with Crippen molar-refractivity contribution in [3.63, 3.8) is 0 Å². The molecular formula is C22H34N4O. The summed E-state index contributed by atoms with van der Waals surface area (Å²) in [6.45, 7) is 8.28. The number of carbonyl (C=O) groups excluding carboxylic acids is 1. The van der Waals surface area contributed by atoms with Crippen LogP contribution in [0.4, 0.5) is 5.69 Å². The van der Waals surface area contributed by atoms with Crippen molar-refractivity contribution in [1.29, 1.82) is 0 Å². The lowest BCUT2D eigenvalue weighted by Gasteiger charge is -2.46. The zero-order valence-electron chi connectivity index (χ0n) is 16.7. The Morgan fingerprint density at radius 3 is 2.56 bits per heavy atom. The Hall–Kier alpha value is -1.59. The van der Waals surface area contributed by atoms with E-state index in [-0.39, 0.29) is 0 Å². The van der Waals surface area contributed by atoms with E-state index in [1.165, 1.54) is 25.1 Å². The predicted octanol–water partition coefficient (Wildman–Crippen LogP) is 2.14. The van der Waals surface area contributed by atoms with Crippen molar-refractivity contribution < 1.29 is 4.79 Å². The summed E-state index contributed by atoms with van der Waals surface area (Å²) in [6, 6.07) is 11.4. The lowest BCUT2D eigenvalue weighted by molar-refractivity contribution is -0.135. The van der Waals surface area contributed by atoms with Gasteiger partial charge in [-0.3, -0.25) is 9.69 Å². The lowest BCUT2D eigenvalue weighted by Crippen LogP contribution is -2.54. The maximum Gasteiger partial charge on any atom is 0.223 e. The minimum Gasteiger partial charge on any atom is -0.369 e. The number of hydrogen-bond donors (Lipinski definition) is 0. The number of amides is 1. The van der Waals surface area contributed by atoms with Crippen LogP contribution in [0.1, 0.15) is 25.7 Å². The highest BCUT2D eigenvalue weighted by Gasteiger charge is 2.35. The van der Waals surface area contributed by atoms with Crippen LogP contribution < -0.4 is 4.90 Å². The third-order valence-corrected chi connectivity index (χ3v) is 6.83. The standard InChI is InChI=1S/C22H34N4O/c1-23-11-5-6-19-18-26(13-9-21(19)23)22(27)10-12-24-14-16-25(17-15-24)20-7-3-2-4-8-20/h2-4,7-8,19,21H,5-6,9-18H2,1H3. The molecule has 0 aromatic heterocycles. The average molecular weight is 371 g/mol. The molecule has 5 nitrogen and oxygen atoms in total. The first-order chi connectivity index (χ1) is 13.2. The summed E-state index contributed by atoms with van der Waals surface area (Å²) in [5.41, 5.74) is 1.31. The Bertz CT molecular complexity index is 614. The van der Waals surface area contributed by atoms with Gasteiger partial charge in [0.25, 0.3) is 0 Å². The van der Waals surface area contributed by atoms with Crippen LogP contribution in [0.3, 0.4) is 0 Å². The molecule has 148 valence electrons. The Labute approximate surface area is 163 Å². The second-order valence-corrected chi connectivity index (χ2v) is 8.49. The maximum absolute atomic E-state index is 12.8. The second kappa shape index (κ2) is 8.61. The molecule has 3 aliphatic rings. The summed E-state index contributed by atoms with van der Waals surface area (Å²) in [6.07, 6.45) is 4.41. The SMILES string of the molecule is CN1CCCC2CN(C(=O)CCN3CCN(c4ccccc4)CC3)CCC21. The van der Waals surface area contributed by atoms with Crippen molar-refractivity contribution in [3.8, 4) is 0 Å². The molecule has 0 aliphatic carbocycles. The monoisotopic (exact) mass is 370 g/mol. The van der Waals surface area contributed by atoms with Gasteiger partial charge in [0.2, 0.25) is 5.91 Å². The molecule has 1 aromatic carbocycles. The number of nitrogens with zero attached hydrogens (tertiary/aromatic N) is 4. The molecule has 0 radical (unpaired) electrons. The van der Waals surface area contributed by atoms with E-state index in [1.54, 1.807) is 0 Å². The van der Waals surface area contributed by atoms with Crippen LogP contribution in [-0.4, -0.2) is 86.1 Å². The first-order valence-corrected chi connectivity index (χ1v) is 10.7. The zero-order chi connectivity index (χ0) is 18.6. The number of carbonyl (C=O) groups is 1. The predicted molar refractivity (Wildman–Crippen MR) is 110 cm³/mol. The van der Waals surface area contributed by atoms with Crippen LogP contribution in [0.2, 0.25) is 0 Å². The topological polar surface area (TPSA) is 30.0 Å². The van der Waals surface area contributed by atoms with Crippen molar-refractivity contribution in [2.75, 3.05) is 64.3 Å². The van der Waals surface area contributed by atoms with Gasteiger partial charge in [-0.15, -0.1) is 0 Å². The van der Waals surface area contributed by atoms with Gasteiger partial charge in [0.15, 0.2) is 0 Å². The Kier molecular flexibility index (Phi) is 5.98. The molecule has 3 saturated heterocycles. The van der Waals surface area contributed by atoms with Crippen molar-refractivity contribution in [2.45, 2.75) is 31.7 Å². The van der Waals surface area contributed by atoms with Crippen molar-refractivity contribution in [3.05, 3.63) is 30.3 Å². The highest BCUT2D eigenvalue weighted by Crippen LogP contribution is 2.29. The van der Waals surface area contributed by atoms with Crippen molar-refractivity contribution in [1.82, 2.24) is 14.7 Å². The molecular weight excluding hydrogens is 336 g/mol. The van der Waals surface area contributed by atoms with Crippen LogP contribution in [0, 0.1) is 5.92 Å². The molecule has 0 N–H and O–H groups in total. The fourth-order valence-corrected chi connectivity index (χ4v) is 5.16. The molecule has 0 spiro atoms. The Morgan fingerprint density at radius 1 is 1.00 bits per heavy atom. The first-order valence-electron chi connectivity index (χ1n) is 10.7. The van der Waals surface area contributed by atoms with Gasteiger partial charge >= 0.3 is 0 Å². The number of likely N-dealkylation sites (tertiary alicyclic amines) is 2. The molecule has 5 heteroatoms. The molecule has 0 saturated carbocycles. The van der Waals surface area contributed by atoms with Gasteiger partial charge in [-0.05, 0) is 50.9 Å². The average Bonchev–Trinajstić information content (AvgIpc) is 2.73. The number of rotatable bonds is 4. The molecule has 3 aliphatic heterocycles. The molecule has 2 unspecified atom stereocenters. The Morgan fingerprint density at radius 2 is 1.78 bits per heavy atom. The third-order valence-electron chi connectivity index (χ3n) is 6.83. The van der Waals surface area contributed by atoms with Gasteiger partial charge in [0.1, 0.15) is 0 Å². The molecule has 2 atom stereocenters. The number of fused-ring (bicyclic) bond motifs is 1. The minimum atomic E-state index is 0.368. The van der Waals surface area contributed by atoms with E-state index in [4.69, 9.17) is 0 Å². The van der Waals surface area contributed by atoms with Crippen molar-refractivity contribution in [2.24, 2.45) is 5.92 Å². The number of hydrogen-bond acceptors (Lipinski definition) is 4. The quantitative estimate of drug-likeness (QED) is 0.812. The van der Waals surface area contributed by atoms with Gasteiger partial charge in [-0.25, -0.2) is 0 Å². The zero-order valence-corrected chi connectivity index (χ0v) is 16.7. The van der Waals surface area contributed by atoms with Gasteiger partial charge < -0.3 is 14.7 Å². The molecule has 1 amide bonds. The smallest absolute Gasteiger partial charge is 0.223 e. The normalized spacial score (nSPS) is 27.4. The van der Waals surface area contributed by atoms with Crippen LogP contribution >= 0.6 is 0 Å². The summed E-state index contributed by atoms with van der Waals surface area (Å²) in [5, 5.41) is 0. The maximum atomic E-state index is 12.8. The molecule has 3 heterocycles. The van der Waals surface area contributed by atoms with E-state index < -0.39 is 0 Å². The van der Waals surface area contributed by atoms with Crippen LogP contribution in [-0.2, 0) is 4.79 Å². The van der Waals surface area contributed by atoms with Gasteiger partial charge in [0, 0.05) is 64.0 Å². The lowest BCUT2D eigenvalue weighted by atomic mass is 9.84. The van der Waals surface area contributed by atoms with Crippen molar-refractivity contribution >= 4 is 11.6 Å². The second-order valence-electron chi connectivity index (χ2n) is 8.49. The number of anilines is 1. The number of benzene rings is 1. The van der Waals surface area contributed by atoms with E-state index in [0.717, 1.165) is 52.2 Å². The van der Waals surface area contributed by atoms with Gasteiger partial charge in [0.05, 0.1) is 0 Å². The fourth-order valence-electron chi connectivity index (χ4n) is 5.16. The summed E-state index contributed by atoms with van der Waals surface area (Å²) in [4.78, 5) is 22.3. The van der Waals surface area contributed by atoms with Crippen LogP contribution in [0.25, 0.3) is 0 Å². The fraction of sp³-hybridized carbons (Fsp3) is 0.682. The summed E-state index contributed by atoms with van der Waals surface area (Å²) in [5.74, 6) is 1.06. The van der Waals surface area contributed by atoms with E-state index in [1.807, 2.05) is 0 Å². The summed E-state index contributed by atoms with van der Waals surface area (Å²) >= 11 is 0. The summed E-state index contributed by atoms with van der Waals surface area (Å²) < 4.78 is 0. The van der Waals surface area contributed by atoms with E-state index in [9.17, 15) is 4.79 Å². The number of piperidine rings is 2. The third kappa shape index (κ3) is 4.46. The molecule has 1 aromatic rings. The number of para-hydroxylation sites is 1.